The average Bonchev–Trinajstić information content (AvgIpc) is 3.57. The Morgan fingerprint density at radius 3 is 1.98 bits per heavy atom. The largest absolute Gasteiger partial charge is 0.481 e. The van der Waals surface area contributed by atoms with Gasteiger partial charge in [-0.1, -0.05) is 0 Å². The highest BCUT2D eigenvalue weighted by Gasteiger charge is 2.48. The number of phosphoric ester groups is 2. The van der Waals surface area contributed by atoms with E-state index in [0.29, 0.717) is 0 Å². The van der Waals surface area contributed by atoms with E-state index in [4.69, 9.17) is 20.9 Å². The standard InChI is InChI=1S/C19H26N8O14P2/c20-9-1-2-26(19(32)25-9)17-13(30)11(28)7(39-17)3-37-42(33,34)41-43(35,36)38-4-8-12(29)14(31)18(40-8)27-6-24-10-15(21)22-5-23-16(10)27/h1-2,5-8,11-14,17-18,28-31H,3-4H2,(H,33,34)(H,35,36)(H2,20,25,32)(H2,21,22,23)/t7-,8-,11-,12-,13-,14-,17-,18-/m1/s1. The number of nitrogen functional groups attached to an aromatic ring is 2. The number of anilines is 2. The fraction of sp³-hybridized carbons (Fsp3) is 0.526. The van der Waals surface area contributed by atoms with Crippen molar-refractivity contribution >= 4 is 38.4 Å². The van der Waals surface area contributed by atoms with E-state index in [9.17, 15) is 44.1 Å². The van der Waals surface area contributed by atoms with Crippen LogP contribution in [0.4, 0.5) is 11.6 Å². The molecule has 22 nitrogen and oxygen atoms in total. The van der Waals surface area contributed by atoms with Crippen molar-refractivity contribution < 1.29 is 62.2 Å². The van der Waals surface area contributed by atoms with Crippen molar-refractivity contribution in [3.8, 4) is 0 Å². The number of hydrogen-bond acceptors (Lipinski definition) is 18. The minimum absolute atomic E-state index is 0.0466. The first kappa shape index (κ1) is 31.5. The predicted octanol–water partition coefficient (Wildman–Crippen LogP) is -3.26. The third-order valence-electron chi connectivity index (χ3n) is 6.47. The second kappa shape index (κ2) is 11.9. The SMILES string of the molecule is Nc1ccn([C@@H]2O[C@H](COP(=O)(O)OP(=O)(O)OC[C@H]3O[C@@H](n4cnc5c(N)ncnc54)[C@H](O)[C@@H]3O)[C@@H](O)[C@H]2O)c(=O)n1. The fourth-order valence-electron chi connectivity index (χ4n) is 4.38. The summed E-state index contributed by atoms with van der Waals surface area (Å²) in [6.45, 7) is -1.86. The molecule has 3 aromatic rings. The highest BCUT2D eigenvalue weighted by Crippen LogP contribution is 2.60. The van der Waals surface area contributed by atoms with Gasteiger partial charge in [-0.15, -0.1) is 0 Å². The molecule has 2 fully saturated rings. The molecule has 5 rings (SSSR count). The molecule has 3 aromatic heterocycles. The fourth-order valence-corrected chi connectivity index (χ4v) is 6.47. The van der Waals surface area contributed by atoms with Crippen LogP contribution in [0.3, 0.4) is 0 Å². The Labute approximate surface area is 239 Å². The van der Waals surface area contributed by atoms with E-state index in [1.165, 1.54) is 17.0 Å². The van der Waals surface area contributed by atoms with E-state index < -0.39 is 83.6 Å². The smallest absolute Gasteiger partial charge is 0.387 e. The molecule has 0 saturated carbocycles. The number of hydrogen-bond donors (Lipinski definition) is 8. The molecule has 0 spiro atoms. The van der Waals surface area contributed by atoms with E-state index in [1.807, 2.05) is 0 Å². The summed E-state index contributed by atoms with van der Waals surface area (Å²) in [5.74, 6) is -0.0639. The monoisotopic (exact) mass is 652 g/mol. The van der Waals surface area contributed by atoms with Crippen molar-refractivity contribution in [3.63, 3.8) is 0 Å². The lowest BCUT2D eigenvalue weighted by Gasteiger charge is -2.20. The number of aliphatic hydroxyl groups is 4. The summed E-state index contributed by atoms with van der Waals surface area (Å²) in [5.41, 5.74) is 10.6. The summed E-state index contributed by atoms with van der Waals surface area (Å²) >= 11 is 0. The minimum Gasteiger partial charge on any atom is -0.387 e. The minimum atomic E-state index is -5.39. The van der Waals surface area contributed by atoms with Gasteiger partial charge in [-0.05, 0) is 6.07 Å². The number of nitrogens with two attached hydrogens (primary N) is 2. The van der Waals surface area contributed by atoms with Gasteiger partial charge in [0.15, 0.2) is 23.9 Å². The lowest BCUT2D eigenvalue weighted by molar-refractivity contribution is -0.0555. The first-order valence-electron chi connectivity index (χ1n) is 12.1. The number of fused-ring (bicyclic) bond motifs is 1. The van der Waals surface area contributed by atoms with Gasteiger partial charge in [0, 0.05) is 6.20 Å². The molecule has 0 amide bonds. The molecule has 0 radical (unpaired) electrons. The predicted molar refractivity (Wildman–Crippen MR) is 137 cm³/mol. The molecule has 0 aromatic carbocycles. The summed E-state index contributed by atoms with van der Waals surface area (Å²) < 4.78 is 51.2. The first-order valence-corrected chi connectivity index (χ1v) is 15.1. The number of ether oxygens (including phenoxy) is 2. The Morgan fingerprint density at radius 2 is 1.42 bits per heavy atom. The van der Waals surface area contributed by atoms with Gasteiger partial charge in [-0.25, -0.2) is 28.9 Å². The lowest BCUT2D eigenvalue weighted by Crippen LogP contribution is -2.36. The molecule has 2 aliphatic rings. The molecule has 10 atom stereocenters. The number of aliphatic hydroxyl groups excluding tert-OH is 4. The topological polar surface area (TPSA) is 332 Å². The number of imidazole rings is 1. The molecule has 10 N–H and O–H groups in total. The van der Waals surface area contributed by atoms with Crippen LogP contribution in [0.5, 0.6) is 0 Å². The molecular weight excluding hydrogens is 626 g/mol. The van der Waals surface area contributed by atoms with Gasteiger partial charge in [-0.3, -0.25) is 18.2 Å². The molecule has 24 heteroatoms. The molecule has 0 bridgehead atoms. The van der Waals surface area contributed by atoms with Crippen LogP contribution in [-0.4, -0.2) is 109 Å². The second-order valence-corrected chi connectivity index (χ2v) is 12.4. The van der Waals surface area contributed by atoms with Gasteiger partial charge in [0.05, 0.1) is 19.5 Å². The van der Waals surface area contributed by atoms with E-state index in [0.717, 1.165) is 17.1 Å². The van der Waals surface area contributed by atoms with E-state index >= 15 is 0 Å². The highest BCUT2D eigenvalue weighted by molar-refractivity contribution is 7.61. The molecule has 2 unspecified atom stereocenters. The zero-order valence-electron chi connectivity index (χ0n) is 21.5. The molecule has 236 valence electrons. The number of aromatic nitrogens is 6. The van der Waals surface area contributed by atoms with Gasteiger partial charge >= 0.3 is 21.3 Å². The summed E-state index contributed by atoms with van der Waals surface area (Å²) in [5, 5.41) is 41.4. The van der Waals surface area contributed by atoms with Crippen LogP contribution in [0, 0.1) is 0 Å². The van der Waals surface area contributed by atoms with Crippen LogP contribution in [-0.2, 0) is 32.0 Å². The van der Waals surface area contributed by atoms with Crippen LogP contribution >= 0.6 is 15.6 Å². The van der Waals surface area contributed by atoms with Gasteiger partial charge in [0.2, 0.25) is 0 Å². The second-order valence-electron chi connectivity index (χ2n) is 9.33. The maximum Gasteiger partial charge on any atom is 0.481 e. The van der Waals surface area contributed by atoms with E-state index in [2.05, 4.69) is 33.3 Å². The van der Waals surface area contributed by atoms with Gasteiger partial charge in [0.1, 0.15) is 54.3 Å². The summed E-state index contributed by atoms with van der Waals surface area (Å²) in [6.07, 6.45) is -8.90. The third kappa shape index (κ3) is 6.47. The molecular formula is C19H26N8O14P2. The maximum absolute atomic E-state index is 12.4. The summed E-state index contributed by atoms with van der Waals surface area (Å²) in [4.78, 5) is 47.3. The quantitative estimate of drug-likeness (QED) is 0.0996. The summed E-state index contributed by atoms with van der Waals surface area (Å²) in [6, 6.07) is 1.23. The molecule has 0 aliphatic carbocycles. The Morgan fingerprint density at radius 1 is 0.860 bits per heavy atom. The molecule has 2 aliphatic heterocycles. The van der Waals surface area contributed by atoms with Crippen molar-refractivity contribution in [1.82, 2.24) is 29.1 Å². The van der Waals surface area contributed by atoms with Crippen LogP contribution < -0.4 is 17.2 Å². The number of rotatable bonds is 10. The van der Waals surface area contributed by atoms with E-state index in [1.54, 1.807) is 0 Å². The van der Waals surface area contributed by atoms with Gasteiger partial charge < -0.3 is 51.2 Å². The van der Waals surface area contributed by atoms with Crippen LogP contribution in [0.25, 0.3) is 11.2 Å². The van der Waals surface area contributed by atoms with Crippen LogP contribution in [0.15, 0.2) is 29.7 Å². The van der Waals surface area contributed by atoms with Crippen molar-refractivity contribution in [2.45, 2.75) is 49.1 Å². The van der Waals surface area contributed by atoms with Crippen LogP contribution in [0.1, 0.15) is 12.5 Å². The Balaban J connectivity index is 1.16. The Kier molecular flexibility index (Phi) is 8.68. The van der Waals surface area contributed by atoms with Gasteiger partial charge in [0.25, 0.3) is 0 Å². The Bertz CT molecular complexity index is 1640. The molecule has 5 heterocycles. The summed E-state index contributed by atoms with van der Waals surface area (Å²) in [7, 11) is -10.8. The maximum atomic E-state index is 12.4. The zero-order valence-corrected chi connectivity index (χ0v) is 23.3. The van der Waals surface area contributed by atoms with Crippen molar-refractivity contribution in [1.29, 1.82) is 0 Å². The number of nitrogens with zero attached hydrogens (tertiary/aromatic N) is 6. The number of phosphoric acid groups is 2. The normalized spacial score (nSPS) is 32.1. The zero-order chi connectivity index (χ0) is 31.3. The Hall–Kier alpha value is -2.95. The molecule has 43 heavy (non-hydrogen) atoms. The lowest BCUT2D eigenvalue weighted by atomic mass is 10.1. The van der Waals surface area contributed by atoms with Crippen molar-refractivity contribution in [2.75, 3.05) is 24.7 Å². The van der Waals surface area contributed by atoms with Crippen LogP contribution in [0.2, 0.25) is 0 Å². The van der Waals surface area contributed by atoms with Gasteiger partial charge in [-0.2, -0.15) is 9.29 Å². The third-order valence-corrected chi connectivity index (χ3v) is 9.07. The first-order chi connectivity index (χ1) is 20.2. The van der Waals surface area contributed by atoms with Crippen molar-refractivity contribution in [2.24, 2.45) is 0 Å². The highest BCUT2D eigenvalue weighted by atomic mass is 31.3. The van der Waals surface area contributed by atoms with E-state index in [-0.39, 0.29) is 22.8 Å². The van der Waals surface area contributed by atoms with Crippen molar-refractivity contribution in [3.05, 3.63) is 35.4 Å². The molecule has 2 saturated heterocycles. The average molecular weight is 652 g/mol.